The molecule has 5 nitrogen and oxygen atoms in total. The van der Waals surface area contributed by atoms with Gasteiger partial charge in [0.1, 0.15) is 6.54 Å². The minimum absolute atomic E-state index is 0.0442. The van der Waals surface area contributed by atoms with E-state index in [2.05, 4.69) is 25.2 Å². The van der Waals surface area contributed by atoms with Crippen molar-refractivity contribution in [3.8, 4) is 0 Å². The minimum Gasteiger partial charge on any atom is -0.350 e. The van der Waals surface area contributed by atoms with Crippen LogP contribution in [0.1, 0.15) is 34.2 Å². The lowest BCUT2D eigenvalue weighted by Crippen LogP contribution is -2.41. The first-order valence-electron chi connectivity index (χ1n) is 10.8. The Morgan fingerprint density at radius 1 is 0.969 bits per heavy atom. The van der Waals surface area contributed by atoms with Crippen LogP contribution < -0.4 is 10.2 Å². The van der Waals surface area contributed by atoms with E-state index in [0.29, 0.717) is 23.6 Å². The summed E-state index contributed by atoms with van der Waals surface area (Å²) in [6.07, 6.45) is 0.141. The van der Waals surface area contributed by atoms with Crippen LogP contribution in [0.25, 0.3) is 0 Å². The molecule has 0 aliphatic carbocycles. The third kappa shape index (κ3) is 4.78. The lowest BCUT2D eigenvalue weighted by Gasteiger charge is -2.22. The third-order valence-electron chi connectivity index (χ3n) is 5.80. The topological polar surface area (TPSA) is 61.8 Å². The molecule has 32 heavy (non-hydrogen) atoms. The molecule has 1 aliphatic heterocycles. The molecule has 4 rings (SSSR count). The van der Waals surface area contributed by atoms with Gasteiger partial charge in [-0.05, 0) is 61.2 Å². The molecule has 162 valence electrons. The van der Waals surface area contributed by atoms with Gasteiger partial charge in [-0.1, -0.05) is 54.1 Å². The molecule has 5 heteroatoms. The number of aryl methyl sites for hydroxylation is 3. The van der Waals surface area contributed by atoms with E-state index in [1.165, 1.54) is 16.0 Å². The number of nitrogens with zero attached hydrogens (tertiary/aromatic N) is 2. The highest BCUT2D eigenvalue weighted by molar-refractivity contribution is 6.18. The fourth-order valence-electron chi connectivity index (χ4n) is 3.71. The number of para-hydroxylation sites is 2. The van der Waals surface area contributed by atoms with Crippen molar-refractivity contribution in [2.24, 2.45) is 4.99 Å². The summed E-state index contributed by atoms with van der Waals surface area (Å²) >= 11 is 0. The summed E-state index contributed by atoms with van der Waals surface area (Å²) in [6.45, 7) is 6.52. The Hall–Kier alpha value is -3.73. The smallest absolute Gasteiger partial charge is 0.240 e. The Labute approximate surface area is 188 Å². The molecule has 1 aliphatic rings. The van der Waals surface area contributed by atoms with Crippen LogP contribution in [0, 0.1) is 20.8 Å². The zero-order chi connectivity index (χ0) is 22.7. The van der Waals surface area contributed by atoms with Crippen molar-refractivity contribution in [1.29, 1.82) is 0 Å². The van der Waals surface area contributed by atoms with Crippen molar-refractivity contribution in [2.75, 3.05) is 11.4 Å². The number of rotatable bonds is 5. The maximum atomic E-state index is 13.2. The van der Waals surface area contributed by atoms with E-state index in [-0.39, 0.29) is 24.8 Å². The van der Waals surface area contributed by atoms with E-state index in [1.54, 1.807) is 0 Å². The van der Waals surface area contributed by atoms with E-state index in [1.807, 2.05) is 67.6 Å². The number of carbonyl (C=O) groups is 2. The molecule has 0 spiro atoms. The van der Waals surface area contributed by atoms with Gasteiger partial charge in [0.15, 0.2) is 0 Å². The summed E-state index contributed by atoms with van der Waals surface area (Å²) in [5.41, 5.74) is 7.54. The van der Waals surface area contributed by atoms with Gasteiger partial charge in [0.25, 0.3) is 0 Å². The molecule has 2 amide bonds. The van der Waals surface area contributed by atoms with Crippen molar-refractivity contribution in [1.82, 2.24) is 5.32 Å². The molecular weight excluding hydrogens is 398 g/mol. The van der Waals surface area contributed by atoms with Crippen molar-refractivity contribution in [2.45, 2.75) is 33.7 Å². The van der Waals surface area contributed by atoms with Gasteiger partial charge < -0.3 is 10.2 Å². The molecule has 1 heterocycles. The van der Waals surface area contributed by atoms with E-state index in [0.717, 1.165) is 16.7 Å². The van der Waals surface area contributed by atoms with Gasteiger partial charge in [0.2, 0.25) is 11.8 Å². The Bertz CT molecular complexity index is 1200. The highest BCUT2D eigenvalue weighted by atomic mass is 16.2. The number of fused-ring (bicyclic) bond motifs is 1. The van der Waals surface area contributed by atoms with Crippen LogP contribution >= 0.6 is 0 Å². The molecule has 3 aromatic carbocycles. The second-order valence-electron chi connectivity index (χ2n) is 8.27. The Morgan fingerprint density at radius 3 is 2.47 bits per heavy atom. The second kappa shape index (κ2) is 9.18. The van der Waals surface area contributed by atoms with Crippen LogP contribution in [0.3, 0.4) is 0 Å². The molecular formula is C27H27N3O2. The average Bonchev–Trinajstić information content (AvgIpc) is 2.92. The summed E-state index contributed by atoms with van der Waals surface area (Å²) in [5.74, 6) is -0.347. The molecule has 0 radical (unpaired) electrons. The van der Waals surface area contributed by atoms with Crippen molar-refractivity contribution in [3.05, 3.63) is 94.5 Å². The SMILES string of the molecule is Cc1ccc(CNC(=O)CN2C(=O)CC(c3ccc(C)c(C)c3)=Nc3ccccc32)cc1. The highest BCUT2D eigenvalue weighted by Gasteiger charge is 2.26. The number of benzene rings is 3. The molecule has 0 saturated heterocycles. The fourth-order valence-corrected chi connectivity index (χ4v) is 3.71. The average molecular weight is 426 g/mol. The van der Waals surface area contributed by atoms with Crippen LogP contribution in [-0.2, 0) is 16.1 Å². The van der Waals surface area contributed by atoms with Gasteiger partial charge in [0, 0.05) is 6.54 Å². The van der Waals surface area contributed by atoms with Crippen molar-refractivity contribution >= 4 is 28.9 Å². The highest BCUT2D eigenvalue weighted by Crippen LogP contribution is 2.33. The predicted octanol–water partition coefficient (Wildman–Crippen LogP) is 4.79. The Kier molecular flexibility index (Phi) is 6.17. The van der Waals surface area contributed by atoms with Gasteiger partial charge >= 0.3 is 0 Å². The predicted molar refractivity (Wildman–Crippen MR) is 129 cm³/mol. The van der Waals surface area contributed by atoms with E-state index < -0.39 is 0 Å². The van der Waals surface area contributed by atoms with E-state index >= 15 is 0 Å². The minimum atomic E-state index is -0.205. The Morgan fingerprint density at radius 2 is 1.72 bits per heavy atom. The van der Waals surface area contributed by atoms with Gasteiger partial charge in [-0.2, -0.15) is 0 Å². The summed E-state index contributed by atoms with van der Waals surface area (Å²) in [6, 6.07) is 21.6. The summed E-state index contributed by atoms with van der Waals surface area (Å²) in [7, 11) is 0. The van der Waals surface area contributed by atoms with Crippen molar-refractivity contribution in [3.63, 3.8) is 0 Å². The standard InChI is InChI=1S/C27H27N3O2/c1-18-8-11-21(12-9-18)16-28-26(31)17-30-25-7-5-4-6-23(25)29-24(15-27(30)32)22-13-10-19(2)20(3)14-22/h4-14H,15-17H2,1-3H3,(H,28,31). The molecule has 0 fully saturated rings. The van der Waals surface area contributed by atoms with E-state index in [4.69, 9.17) is 4.99 Å². The summed E-state index contributed by atoms with van der Waals surface area (Å²) < 4.78 is 0. The molecule has 0 unspecified atom stereocenters. The molecule has 0 aromatic heterocycles. The van der Waals surface area contributed by atoms with Gasteiger partial charge in [-0.15, -0.1) is 0 Å². The number of aliphatic imine (C=N–C) groups is 1. The molecule has 0 bridgehead atoms. The van der Waals surface area contributed by atoms with E-state index in [9.17, 15) is 9.59 Å². The Balaban J connectivity index is 1.54. The zero-order valence-electron chi connectivity index (χ0n) is 18.7. The normalized spacial score (nSPS) is 13.3. The number of carbonyl (C=O) groups excluding carboxylic acids is 2. The molecule has 1 N–H and O–H groups in total. The molecule has 0 saturated carbocycles. The van der Waals surface area contributed by atoms with Crippen LogP contribution in [0.5, 0.6) is 0 Å². The van der Waals surface area contributed by atoms with Crippen molar-refractivity contribution < 1.29 is 9.59 Å². The van der Waals surface area contributed by atoms with Gasteiger partial charge in [0.05, 0.1) is 23.5 Å². The van der Waals surface area contributed by atoms with Crippen LogP contribution in [0.2, 0.25) is 0 Å². The zero-order valence-corrected chi connectivity index (χ0v) is 18.7. The number of anilines is 1. The van der Waals surface area contributed by atoms with Gasteiger partial charge in [-0.25, -0.2) is 0 Å². The summed E-state index contributed by atoms with van der Waals surface area (Å²) in [4.78, 5) is 32.3. The first-order chi connectivity index (χ1) is 15.4. The number of amides is 2. The monoisotopic (exact) mass is 425 g/mol. The van der Waals surface area contributed by atoms with Crippen LogP contribution in [-0.4, -0.2) is 24.1 Å². The lowest BCUT2D eigenvalue weighted by atomic mass is 10.0. The van der Waals surface area contributed by atoms with Crippen LogP contribution in [0.4, 0.5) is 11.4 Å². The fraction of sp³-hybridized carbons (Fsp3) is 0.222. The van der Waals surface area contributed by atoms with Gasteiger partial charge in [-0.3, -0.25) is 14.6 Å². The quantitative estimate of drug-likeness (QED) is 0.639. The third-order valence-corrected chi connectivity index (χ3v) is 5.80. The second-order valence-corrected chi connectivity index (χ2v) is 8.27. The largest absolute Gasteiger partial charge is 0.350 e. The number of hydrogen-bond donors (Lipinski definition) is 1. The first kappa shape index (κ1) is 21.5. The molecule has 0 atom stereocenters. The maximum absolute atomic E-state index is 13.2. The lowest BCUT2D eigenvalue weighted by molar-refractivity contribution is -0.123. The number of hydrogen-bond acceptors (Lipinski definition) is 3. The number of nitrogens with one attached hydrogen (secondary N) is 1. The summed E-state index contributed by atoms with van der Waals surface area (Å²) in [5, 5.41) is 2.92. The molecule has 3 aromatic rings. The van der Waals surface area contributed by atoms with Crippen LogP contribution in [0.15, 0.2) is 71.7 Å². The maximum Gasteiger partial charge on any atom is 0.240 e. The first-order valence-corrected chi connectivity index (χ1v) is 10.8.